The van der Waals surface area contributed by atoms with Crippen LogP contribution < -0.4 is 21.5 Å². The molecule has 0 unspecified atom stereocenters. The van der Waals surface area contributed by atoms with Crippen LogP contribution in [0.15, 0.2) is 39.9 Å². The number of carbonyl (C=O) groups is 1. The van der Waals surface area contributed by atoms with Crippen molar-refractivity contribution in [2.75, 3.05) is 37.6 Å². The number of anilines is 1. The van der Waals surface area contributed by atoms with Gasteiger partial charge in [-0.05, 0) is 62.4 Å². The van der Waals surface area contributed by atoms with Crippen LogP contribution in [0.5, 0.6) is 0 Å². The second kappa shape index (κ2) is 10.5. The molecule has 1 aromatic heterocycles. The summed E-state index contributed by atoms with van der Waals surface area (Å²) in [5.41, 5.74) is 0.416. The zero-order chi connectivity index (χ0) is 24.2. The minimum Gasteiger partial charge on any atom is -0.357 e. The van der Waals surface area contributed by atoms with Gasteiger partial charge >= 0.3 is 5.69 Å². The van der Waals surface area contributed by atoms with E-state index in [2.05, 4.69) is 10.2 Å². The predicted molar refractivity (Wildman–Crippen MR) is 129 cm³/mol. The van der Waals surface area contributed by atoms with E-state index in [1.54, 1.807) is 7.05 Å². The van der Waals surface area contributed by atoms with Crippen LogP contribution >= 0.6 is 0 Å². The van der Waals surface area contributed by atoms with Crippen molar-refractivity contribution in [3.05, 3.63) is 62.6 Å². The van der Waals surface area contributed by atoms with Crippen LogP contribution in [-0.2, 0) is 25.4 Å². The van der Waals surface area contributed by atoms with Crippen molar-refractivity contribution < 1.29 is 9.18 Å². The Labute approximate surface area is 199 Å². The van der Waals surface area contributed by atoms with E-state index in [-0.39, 0.29) is 28.9 Å². The summed E-state index contributed by atoms with van der Waals surface area (Å²) in [6.45, 7) is 4.64. The third-order valence-corrected chi connectivity index (χ3v) is 7.21. The van der Waals surface area contributed by atoms with Gasteiger partial charge in [0.05, 0.1) is 5.92 Å². The number of nitrogens with zero attached hydrogens (tertiary/aromatic N) is 4. The van der Waals surface area contributed by atoms with E-state index >= 15 is 0 Å². The minimum absolute atomic E-state index is 0.0484. The Morgan fingerprint density at radius 1 is 1.03 bits per heavy atom. The molecule has 34 heavy (non-hydrogen) atoms. The van der Waals surface area contributed by atoms with Gasteiger partial charge in [0.25, 0.3) is 5.56 Å². The summed E-state index contributed by atoms with van der Waals surface area (Å²) in [5, 5.41) is 3.15. The summed E-state index contributed by atoms with van der Waals surface area (Å²) < 4.78 is 15.7. The van der Waals surface area contributed by atoms with Gasteiger partial charge in [0.2, 0.25) is 5.91 Å². The van der Waals surface area contributed by atoms with Crippen LogP contribution in [0.25, 0.3) is 0 Å². The number of aromatic nitrogens is 2. The van der Waals surface area contributed by atoms with Crippen molar-refractivity contribution in [2.45, 2.75) is 32.2 Å². The Bertz CT molecular complexity index is 1120. The number of hydrogen-bond donors (Lipinski definition) is 1. The predicted octanol–water partition coefficient (Wildman–Crippen LogP) is 1.47. The number of carbonyl (C=O) groups excluding carboxylic acids is 1. The van der Waals surface area contributed by atoms with Crippen LogP contribution in [0.4, 0.5) is 10.2 Å². The highest BCUT2D eigenvalue weighted by molar-refractivity contribution is 5.79. The van der Waals surface area contributed by atoms with Gasteiger partial charge in [0.15, 0.2) is 0 Å². The van der Waals surface area contributed by atoms with E-state index in [1.165, 1.54) is 29.8 Å². The van der Waals surface area contributed by atoms with Gasteiger partial charge in [0.1, 0.15) is 11.6 Å². The molecule has 2 fully saturated rings. The van der Waals surface area contributed by atoms with Crippen LogP contribution in [0, 0.1) is 17.7 Å². The monoisotopic (exact) mass is 471 g/mol. The number of likely N-dealkylation sites (tertiary alicyclic amines) is 1. The topological polar surface area (TPSA) is 79.6 Å². The van der Waals surface area contributed by atoms with Gasteiger partial charge in [-0.2, -0.15) is 0 Å². The van der Waals surface area contributed by atoms with Gasteiger partial charge in [-0.15, -0.1) is 0 Å². The summed E-state index contributed by atoms with van der Waals surface area (Å²) in [6.07, 6.45) is 3.68. The van der Waals surface area contributed by atoms with Crippen molar-refractivity contribution in [3.8, 4) is 0 Å². The molecular formula is C25H34FN5O3. The maximum atomic E-state index is 13.1. The summed E-state index contributed by atoms with van der Waals surface area (Å²) >= 11 is 0. The van der Waals surface area contributed by atoms with Crippen molar-refractivity contribution in [1.29, 1.82) is 0 Å². The van der Waals surface area contributed by atoms with Crippen molar-refractivity contribution in [3.63, 3.8) is 0 Å². The molecule has 1 atom stereocenters. The number of rotatable bonds is 6. The van der Waals surface area contributed by atoms with Crippen molar-refractivity contribution in [2.24, 2.45) is 25.9 Å². The fourth-order valence-corrected chi connectivity index (χ4v) is 5.01. The Morgan fingerprint density at radius 2 is 1.74 bits per heavy atom. The van der Waals surface area contributed by atoms with E-state index < -0.39 is 0 Å². The molecule has 2 aliphatic heterocycles. The first-order valence-corrected chi connectivity index (χ1v) is 12.1. The number of piperidine rings is 2. The van der Waals surface area contributed by atoms with Crippen LogP contribution in [-0.4, -0.2) is 52.7 Å². The smallest absolute Gasteiger partial charge is 0.332 e. The Hall–Kier alpha value is -2.94. The average molecular weight is 472 g/mol. The third kappa shape index (κ3) is 5.58. The fraction of sp³-hybridized carbons (Fsp3) is 0.560. The van der Waals surface area contributed by atoms with Gasteiger partial charge < -0.3 is 10.2 Å². The quantitative estimate of drug-likeness (QED) is 0.690. The second-order valence-corrected chi connectivity index (χ2v) is 9.62. The molecule has 8 nitrogen and oxygen atoms in total. The maximum Gasteiger partial charge on any atom is 0.332 e. The first-order valence-electron chi connectivity index (χ1n) is 12.1. The number of nitrogens with one attached hydrogen (secondary N) is 1. The second-order valence-electron chi connectivity index (χ2n) is 9.62. The molecule has 2 aromatic rings. The molecule has 184 valence electrons. The van der Waals surface area contributed by atoms with E-state index in [0.29, 0.717) is 24.8 Å². The first kappa shape index (κ1) is 24.2. The number of benzene rings is 1. The Balaban J connectivity index is 1.26. The Kier molecular flexibility index (Phi) is 7.50. The molecule has 3 heterocycles. The zero-order valence-electron chi connectivity index (χ0n) is 20.0. The summed E-state index contributed by atoms with van der Waals surface area (Å²) in [6, 6.07) is 8.14. The summed E-state index contributed by atoms with van der Waals surface area (Å²) in [7, 11) is 3.12. The third-order valence-electron chi connectivity index (χ3n) is 7.21. The highest BCUT2D eigenvalue weighted by Crippen LogP contribution is 2.23. The molecule has 2 saturated heterocycles. The number of hydrogen-bond acceptors (Lipinski definition) is 5. The lowest BCUT2D eigenvalue weighted by atomic mass is 9.94. The largest absolute Gasteiger partial charge is 0.357 e. The number of halogens is 1. The standard InChI is InChI=1S/C25H34FN5O3/c1-28-22(14-23(32)29(2)25(28)34)31-11-3-4-20(17-31)24(33)27-15-18-9-12-30(13-10-18)16-19-5-7-21(26)8-6-19/h5-8,14,18,20H,3-4,9-13,15-17H2,1-2H3,(H,27,33)/t20-/m1/s1. The first-order chi connectivity index (χ1) is 16.3. The summed E-state index contributed by atoms with van der Waals surface area (Å²) in [4.78, 5) is 41.7. The van der Waals surface area contributed by atoms with Gasteiger partial charge in [-0.25, -0.2) is 9.18 Å². The molecular weight excluding hydrogens is 437 g/mol. The molecule has 4 rings (SSSR count). The molecule has 1 aromatic carbocycles. The molecule has 0 spiro atoms. The van der Waals surface area contributed by atoms with Crippen molar-refractivity contribution in [1.82, 2.24) is 19.4 Å². The van der Waals surface area contributed by atoms with E-state index in [1.807, 2.05) is 17.0 Å². The van der Waals surface area contributed by atoms with E-state index in [9.17, 15) is 18.8 Å². The SMILES string of the molecule is Cn1c(N2CCC[C@@H](C(=O)NCC3CCN(Cc4ccc(F)cc4)CC3)C2)cc(=O)n(C)c1=O. The fourth-order valence-electron chi connectivity index (χ4n) is 5.01. The molecule has 0 bridgehead atoms. The van der Waals surface area contributed by atoms with Gasteiger partial charge in [0, 0.05) is 46.3 Å². The molecule has 0 saturated carbocycles. The average Bonchev–Trinajstić information content (AvgIpc) is 2.85. The minimum atomic E-state index is -0.361. The maximum absolute atomic E-state index is 13.1. The van der Waals surface area contributed by atoms with Crippen LogP contribution in [0.2, 0.25) is 0 Å². The highest BCUT2D eigenvalue weighted by atomic mass is 19.1. The van der Waals surface area contributed by atoms with Crippen LogP contribution in [0.3, 0.4) is 0 Å². The lowest BCUT2D eigenvalue weighted by molar-refractivity contribution is -0.125. The molecule has 1 N–H and O–H groups in total. The molecule has 2 aliphatic rings. The molecule has 0 radical (unpaired) electrons. The van der Waals surface area contributed by atoms with E-state index in [4.69, 9.17) is 0 Å². The number of amides is 1. The zero-order valence-corrected chi connectivity index (χ0v) is 20.0. The summed E-state index contributed by atoms with van der Waals surface area (Å²) in [5.74, 6) is 0.695. The molecule has 0 aliphatic carbocycles. The molecule has 1 amide bonds. The van der Waals surface area contributed by atoms with Gasteiger partial charge in [-0.3, -0.25) is 23.6 Å². The van der Waals surface area contributed by atoms with Crippen LogP contribution in [0.1, 0.15) is 31.2 Å². The normalized spacial score (nSPS) is 19.9. The lowest BCUT2D eigenvalue weighted by Crippen LogP contribution is -2.47. The van der Waals surface area contributed by atoms with Crippen molar-refractivity contribution >= 4 is 11.7 Å². The Morgan fingerprint density at radius 3 is 2.44 bits per heavy atom. The highest BCUT2D eigenvalue weighted by Gasteiger charge is 2.28. The van der Waals surface area contributed by atoms with Gasteiger partial charge in [-0.1, -0.05) is 12.1 Å². The molecule has 9 heteroatoms. The lowest BCUT2D eigenvalue weighted by Gasteiger charge is -2.35. The van der Waals surface area contributed by atoms with E-state index in [0.717, 1.165) is 62.0 Å².